The summed E-state index contributed by atoms with van der Waals surface area (Å²) >= 11 is 0. The average Bonchev–Trinajstić information content (AvgIpc) is 2.42. The van der Waals surface area contributed by atoms with E-state index in [4.69, 9.17) is 0 Å². The summed E-state index contributed by atoms with van der Waals surface area (Å²) in [6.07, 6.45) is 3.58. The van der Waals surface area contributed by atoms with Crippen molar-refractivity contribution < 1.29 is 4.39 Å². The maximum absolute atomic E-state index is 13.0. The Morgan fingerprint density at radius 3 is 2.26 bits per heavy atom. The number of pyridine rings is 1. The fourth-order valence-corrected chi connectivity index (χ4v) is 2.14. The molecule has 1 heterocycles. The lowest BCUT2D eigenvalue weighted by Crippen LogP contribution is -2.25. The second kappa shape index (κ2) is 6.43. The first kappa shape index (κ1) is 13.7. The van der Waals surface area contributed by atoms with E-state index in [1.54, 1.807) is 12.4 Å². The number of nitrogens with zero attached hydrogens (tertiary/aromatic N) is 1. The van der Waals surface area contributed by atoms with Gasteiger partial charge in [-0.15, -0.1) is 0 Å². The molecular formula is C16H19FN2. The summed E-state index contributed by atoms with van der Waals surface area (Å²) in [6, 6.07) is 10.9. The molecule has 0 spiro atoms. The Bertz CT molecular complexity index is 494. The molecule has 0 amide bonds. The lowest BCUT2D eigenvalue weighted by atomic mass is 9.96. The van der Waals surface area contributed by atoms with Gasteiger partial charge in [0.15, 0.2) is 0 Å². The summed E-state index contributed by atoms with van der Waals surface area (Å²) in [5, 5.41) is 3.52. The van der Waals surface area contributed by atoms with Gasteiger partial charge in [0.25, 0.3) is 0 Å². The number of hydrogen-bond acceptors (Lipinski definition) is 2. The van der Waals surface area contributed by atoms with E-state index in [1.807, 2.05) is 24.3 Å². The minimum Gasteiger partial charge on any atom is -0.306 e. The zero-order chi connectivity index (χ0) is 13.7. The second-order valence-electron chi connectivity index (χ2n) is 5.01. The van der Waals surface area contributed by atoms with E-state index >= 15 is 0 Å². The van der Waals surface area contributed by atoms with E-state index in [0.717, 1.165) is 12.1 Å². The SMILES string of the molecule is CC(C)C(NCc1ccncc1)c1ccc(F)cc1. The Morgan fingerprint density at radius 2 is 1.68 bits per heavy atom. The van der Waals surface area contributed by atoms with Crippen LogP contribution in [0.15, 0.2) is 48.8 Å². The zero-order valence-corrected chi connectivity index (χ0v) is 11.3. The molecule has 1 unspecified atom stereocenters. The van der Waals surface area contributed by atoms with Crippen molar-refractivity contribution in [3.05, 3.63) is 65.7 Å². The Kier molecular flexibility index (Phi) is 4.63. The van der Waals surface area contributed by atoms with Crippen molar-refractivity contribution in [1.29, 1.82) is 0 Å². The second-order valence-corrected chi connectivity index (χ2v) is 5.01. The molecule has 2 nitrogen and oxygen atoms in total. The van der Waals surface area contributed by atoms with Crippen LogP contribution in [0.2, 0.25) is 0 Å². The van der Waals surface area contributed by atoms with Crippen LogP contribution in [-0.2, 0) is 6.54 Å². The minimum atomic E-state index is -0.194. The third kappa shape index (κ3) is 3.86. The smallest absolute Gasteiger partial charge is 0.123 e. The molecule has 0 radical (unpaired) electrons. The monoisotopic (exact) mass is 258 g/mol. The Balaban J connectivity index is 2.06. The summed E-state index contributed by atoms with van der Waals surface area (Å²) in [7, 11) is 0. The van der Waals surface area contributed by atoms with E-state index in [2.05, 4.69) is 24.1 Å². The molecule has 19 heavy (non-hydrogen) atoms. The molecule has 2 aromatic rings. The van der Waals surface area contributed by atoms with Gasteiger partial charge >= 0.3 is 0 Å². The molecule has 0 fully saturated rings. The van der Waals surface area contributed by atoms with Gasteiger partial charge in [0.1, 0.15) is 5.82 Å². The highest BCUT2D eigenvalue weighted by Crippen LogP contribution is 2.22. The Hall–Kier alpha value is -1.74. The third-order valence-corrected chi connectivity index (χ3v) is 3.17. The Morgan fingerprint density at radius 1 is 1.05 bits per heavy atom. The number of halogens is 1. The van der Waals surface area contributed by atoms with Crippen LogP contribution in [0.5, 0.6) is 0 Å². The lowest BCUT2D eigenvalue weighted by Gasteiger charge is -2.23. The van der Waals surface area contributed by atoms with Gasteiger partial charge in [-0.1, -0.05) is 26.0 Å². The minimum absolute atomic E-state index is 0.194. The van der Waals surface area contributed by atoms with Gasteiger partial charge in [-0.3, -0.25) is 4.98 Å². The maximum Gasteiger partial charge on any atom is 0.123 e. The summed E-state index contributed by atoms with van der Waals surface area (Å²) in [5.41, 5.74) is 2.31. The van der Waals surface area contributed by atoms with Gasteiger partial charge < -0.3 is 5.32 Å². The molecule has 0 aliphatic carbocycles. The molecule has 2 rings (SSSR count). The van der Waals surface area contributed by atoms with Crippen LogP contribution in [0.1, 0.15) is 31.0 Å². The molecule has 0 saturated heterocycles. The lowest BCUT2D eigenvalue weighted by molar-refractivity contribution is 0.410. The normalized spacial score (nSPS) is 12.6. The topological polar surface area (TPSA) is 24.9 Å². The van der Waals surface area contributed by atoms with Gasteiger partial charge in [0.05, 0.1) is 0 Å². The highest BCUT2D eigenvalue weighted by molar-refractivity contribution is 5.21. The molecule has 0 aliphatic rings. The van der Waals surface area contributed by atoms with E-state index in [9.17, 15) is 4.39 Å². The largest absolute Gasteiger partial charge is 0.306 e. The molecule has 1 N–H and O–H groups in total. The molecule has 1 aromatic heterocycles. The van der Waals surface area contributed by atoms with Gasteiger partial charge in [-0.05, 0) is 41.3 Å². The van der Waals surface area contributed by atoms with Crippen molar-refractivity contribution in [2.75, 3.05) is 0 Å². The van der Waals surface area contributed by atoms with Crippen LogP contribution >= 0.6 is 0 Å². The van der Waals surface area contributed by atoms with E-state index in [0.29, 0.717) is 5.92 Å². The molecule has 3 heteroatoms. The van der Waals surface area contributed by atoms with E-state index in [1.165, 1.54) is 17.7 Å². The molecule has 0 saturated carbocycles. The quantitative estimate of drug-likeness (QED) is 0.884. The number of aromatic nitrogens is 1. The van der Waals surface area contributed by atoms with Crippen molar-refractivity contribution in [2.45, 2.75) is 26.4 Å². The molecular weight excluding hydrogens is 239 g/mol. The summed E-state index contributed by atoms with van der Waals surface area (Å²) in [6.45, 7) is 5.10. The van der Waals surface area contributed by atoms with Crippen LogP contribution < -0.4 is 5.32 Å². The van der Waals surface area contributed by atoms with Crippen LogP contribution in [0.3, 0.4) is 0 Å². The summed E-state index contributed by atoms with van der Waals surface area (Å²) in [5.74, 6) is 0.243. The number of nitrogens with one attached hydrogen (secondary N) is 1. The average molecular weight is 258 g/mol. The summed E-state index contributed by atoms with van der Waals surface area (Å²) in [4.78, 5) is 4.01. The zero-order valence-electron chi connectivity index (χ0n) is 11.3. The fraction of sp³-hybridized carbons (Fsp3) is 0.312. The predicted molar refractivity (Wildman–Crippen MR) is 75.1 cm³/mol. The van der Waals surface area contributed by atoms with Crippen LogP contribution in [0.4, 0.5) is 4.39 Å². The first-order chi connectivity index (χ1) is 9.16. The van der Waals surface area contributed by atoms with Crippen LogP contribution in [0.25, 0.3) is 0 Å². The van der Waals surface area contributed by atoms with Crippen molar-refractivity contribution in [1.82, 2.24) is 10.3 Å². The highest BCUT2D eigenvalue weighted by atomic mass is 19.1. The summed E-state index contributed by atoms with van der Waals surface area (Å²) < 4.78 is 13.0. The fourth-order valence-electron chi connectivity index (χ4n) is 2.14. The first-order valence-corrected chi connectivity index (χ1v) is 6.54. The molecule has 0 aliphatic heterocycles. The van der Waals surface area contributed by atoms with Crippen LogP contribution in [-0.4, -0.2) is 4.98 Å². The number of benzene rings is 1. The standard InChI is InChI=1S/C16H19FN2/c1-12(2)16(14-3-5-15(17)6-4-14)19-11-13-7-9-18-10-8-13/h3-10,12,16,19H,11H2,1-2H3. The van der Waals surface area contributed by atoms with Gasteiger partial charge in [0.2, 0.25) is 0 Å². The highest BCUT2D eigenvalue weighted by Gasteiger charge is 2.15. The molecule has 1 atom stereocenters. The van der Waals surface area contributed by atoms with Gasteiger partial charge in [0, 0.05) is 25.0 Å². The predicted octanol–water partition coefficient (Wildman–Crippen LogP) is 3.71. The van der Waals surface area contributed by atoms with Gasteiger partial charge in [-0.2, -0.15) is 0 Å². The van der Waals surface area contributed by atoms with E-state index < -0.39 is 0 Å². The van der Waals surface area contributed by atoms with E-state index in [-0.39, 0.29) is 11.9 Å². The van der Waals surface area contributed by atoms with Crippen molar-refractivity contribution in [2.24, 2.45) is 5.92 Å². The maximum atomic E-state index is 13.0. The van der Waals surface area contributed by atoms with Crippen molar-refractivity contribution in [3.8, 4) is 0 Å². The van der Waals surface area contributed by atoms with Crippen molar-refractivity contribution in [3.63, 3.8) is 0 Å². The van der Waals surface area contributed by atoms with Gasteiger partial charge in [-0.25, -0.2) is 4.39 Å². The van der Waals surface area contributed by atoms with Crippen LogP contribution in [0, 0.1) is 11.7 Å². The first-order valence-electron chi connectivity index (χ1n) is 6.54. The van der Waals surface area contributed by atoms with Crippen molar-refractivity contribution >= 4 is 0 Å². The number of rotatable bonds is 5. The Labute approximate surface area is 113 Å². The molecule has 100 valence electrons. The molecule has 0 bridgehead atoms. The third-order valence-electron chi connectivity index (χ3n) is 3.17. The molecule has 1 aromatic carbocycles. The number of hydrogen-bond donors (Lipinski definition) is 1.